The van der Waals surface area contributed by atoms with Gasteiger partial charge in [-0.1, -0.05) is 50.1 Å². The van der Waals surface area contributed by atoms with Crippen LogP contribution >= 0.6 is 11.6 Å². The van der Waals surface area contributed by atoms with Crippen LogP contribution in [-0.4, -0.2) is 65.4 Å². The van der Waals surface area contributed by atoms with Gasteiger partial charge >= 0.3 is 6.03 Å². The number of phenolic OH excluding ortho intramolecular Hbond substituents is 1. The number of hydrogen-bond donors (Lipinski definition) is 4. The number of aryl methyl sites for hydroxylation is 1. The molecule has 3 heterocycles. The van der Waals surface area contributed by atoms with Crippen LogP contribution in [0.1, 0.15) is 61.5 Å². The van der Waals surface area contributed by atoms with Crippen LogP contribution in [-0.2, 0) is 24.9 Å². The van der Waals surface area contributed by atoms with Gasteiger partial charge in [0.15, 0.2) is 5.82 Å². The highest BCUT2D eigenvalue weighted by Gasteiger charge is 2.29. The van der Waals surface area contributed by atoms with Crippen molar-refractivity contribution in [3.63, 3.8) is 0 Å². The van der Waals surface area contributed by atoms with Crippen LogP contribution in [0.2, 0.25) is 5.02 Å². The SMILES string of the molecule is Cc1ccc(-n2nc(C(C)(C)C)cc2NC(=O)Nc2ccc(OCCN3CCn4c(nnc4-c4cc(Cl)ccc4O)C3)c3c2C(O)CC3)cc1. The predicted molar refractivity (Wildman–Crippen MR) is 192 cm³/mol. The van der Waals surface area contributed by atoms with E-state index < -0.39 is 12.1 Å². The molecule has 0 saturated carbocycles. The quantitative estimate of drug-likeness (QED) is 0.142. The number of benzene rings is 3. The molecule has 2 amide bonds. The molecule has 260 valence electrons. The number of aliphatic hydroxyl groups excluding tert-OH is 1. The third-order valence-electron chi connectivity index (χ3n) is 9.26. The van der Waals surface area contributed by atoms with Crippen molar-refractivity contribution in [1.29, 1.82) is 0 Å². The highest BCUT2D eigenvalue weighted by Crippen LogP contribution is 2.42. The van der Waals surface area contributed by atoms with E-state index in [-0.39, 0.29) is 11.2 Å². The summed E-state index contributed by atoms with van der Waals surface area (Å²) in [5.41, 5.74) is 5.29. The highest BCUT2D eigenvalue weighted by atomic mass is 35.5. The van der Waals surface area contributed by atoms with Crippen molar-refractivity contribution in [2.75, 3.05) is 30.3 Å². The maximum absolute atomic E-state index is 13.4. The lowest BCUT2D eigenvalue weighted by atomic mass is 9.92. The first-order valence-corrected chi connectivity index (χ1v) is 17.2. The maximum atomic E-state index is 13.4. The average molecular weight is 697 g/mol. The predicted octanol–water partition coefficient (Wildman–Crippen LogP) is 6.61. The van der Waals surface area contributed by atoms with Crippen LogP contribution in [0.15, 0.2) is 60.7 Å². The van der Waals surface area contributed by atoms with Crippen LogP contribution in [0, 0.1) is 6.92 Å². The number of phenols is 1. The van der Waals surface area contributed by atoms with Crippen molar-refractivity contribution in [2.45, 2.75) is 65.1 Å². The van der Waals surface area contributed by atoms with Gasteiger partial charge in [0, 0.05) is 53.0 Å². The molecule has 12 nitrogen and oxygen atoms in total. The molecule has 2 aromatic heterocycles. The molecule has 0 bridgehead atoms. The Hall–Kier alpha value is -4.91. The first-order chi connectivity index (χ1) is 23.9. The Kier molecular flexibility index (Phi) is 9.02. The molecule has 50 heavy (non-hydrogen) atoms. The number of fused-ring (bicyclic) bond motifs is 2. The summed E-state index contributed by atoms with van der Waals surface area (Å²) in [6.07, 6.45) is 0.480. The fourth-order valence-electron chi connectivity index (χ4n) is 6.51. The molecule has 1 unspecified atom stereocenters. The molecular weight excluding hydrogens is 656 g/mol. The summed E-state index contributed by atoms with van der Waals surface area (Å²) in [6, 6.07) is 18.0. The molecule has 2 aliphatic rings. The zero-order valence-electron chi connectivity index (χ0n) is 28.6. The number of anilines is 2. The summed E-state index contributed by atoms with van der Waals surface area (Å²) in [5, 5.41) is 41.3. The van der Waals surface area contributed by atoms with Gasteiger partial charge in [0.1, 0.15) is 29.7 Å². The van der Waals surface area contributed by atoms with E-state index in [1.165, 1.54) is 0 Å². The lowest BCUT2D eigenvalue weighted by molar-refractivity contribution is 0.174. The van der Waals surface area contributed by atoms with Gasteiger partial charge in [-0.15, -0.1) is 10.2 Å². The van der Waals surface area contributed by atoms with Crippen LogP contribution < -0.4 is 15.4 Å². The number of amides is 2. The van der Waals surface area contributed by atoms with Gasteiger partial charge in [0.25, 0.3) is 0 Å². The van der Waals surface area contributed by atoms with E-state index in [0.717, 1.165) is 34.9 Å². The number of aromatic hydroxyl groups is 1. The van der Waals surface area contributed by atoms with E-state index in [1.54, 1.807) is 28.9 Å². The molecule has 4 N–H and O–H groups in total. The van der Waals surface area contributed by atoms with Crippen molar-refractivity contribution in [2.24, 2.45) is 0 Å². The second-order valence-corrected chi connectivity index (χ2v) is 14.4. The van der Waals surface area contributed by atoms with Crippen molar-refractivity contribution < 1.29 is 19.7 Å². The minimum absolute atomic E-state index is 0.111. The Labute approximate surface area is 295 Å². The van der Waals surface area contributed by atoms with Crippen LogP contribution in [0.3, 0.4) is 0 Å². The molecular formula is C37H41ClN8O4. The van der Waals surface area contributed by atoms with Crippen LogP contribution in [0.4, 0.5) is 16.3 Å². The number of nitrogens with zero attached hydrogens (tertiary/aromatic N) is 6. The average Bonchev–Trinajstić information content (AvgIpc) is 3.81. The zero-order chi connectivity index (χ0) is 35.2. The van der Waals surface area contributed by atoms with Gasteiger partial charge in [-0.2, -0.15) is 5.10 Å². The molecule has 5 aromatic rings. The molecule has 13 heteroatoms. The topological polar surface area (TPSA) is 143 Å². The molecule has 3 aromatic carbocycles. The molecule has 1 aliphatic carbocycles. The molecule has 0 spiro atoms. The van der Waals surface area contributed by atoms with E-state index in [1.807, 2.05) is 47.9 Å². The number of ether oxygens (including phenoxy) is 1. The minimum atomic E-state index is -0.712. The van der Waals surface area contributed by atoms with Crippen molar-refractivity contribution in [1.82, 2.24) is 29.4 Å². The number of hydrogen-bond acceptors (Lipinski definition) is 8. The number of aliphatic hydroxyl groups is 1. The van der Waals surface area contributed by atoms with E-state index >= 15 is 0 Å². The molecule has 1 aliphatic heterocycles. The molecule has 0 radical (unpaired) electrons. The second-order valence-electron chi connectivity index (χ2n) is 13.9. The Balaban J connectivity index is 1.01. The normalized spacial score (nSPS) is 15.8. The number of aromatic nitrogens is 5. The van der Waals surface area contributed by atoms with E-state index in [9.17, 15) is 15.0 Å². The van der Waals surface area contributed by atoms with Gasteiger partial charge < -0.3 is 24.8 Å². The number of carbonyl (C=O) groups excluding carboxylic acids is 1. The number of halogens is 1. The summed E-state index contributed by atoms with van der Waals surface area (Å²) >= 11 is 6.16. The van der Waals surface area contributed by atoms with Gasteiger partial charge in [-0.25, -0.2) is 9.48 Å². The van der Waals surface area contributed by atoms with E-state index in [4.69, 9.17) is 21.4 Å². The smallest absolute Gasteiger partial charge is 0.324 e. The minimum Gasteiger partial charge on any atom is -0.507 e. The summed E-state index contributed by atoms with van der Waals surface area (Å²) in [5.74, 6) is 2.76. The standard InChI is InChI=1S/C37H41ClN8O4/c1-22-5-8-24(9-6-22)46-32(20-31(43-46)37(2,3)4)40-36(49)39-27-11-14-30(25-10-13-29(48)34(25)27)50-18-17-44-15-16-45-33(21-44)41-42-35(45)26-19-23(38)7-12-28(26)47/h5-9,11-12,14,19-20,29,47-48H,10,13,15-18,21H2,1-4H3,(H2,39,40,49). The summed E-state index contributed by atoms with van der Waals surface area (Å²) < 4.78 is 10.0. The molecule has 0 fully saturated rings. The lowest BCUT2D eigenvalue weighted by Gasteiger charge is -2.27. The summed E-state index contributed by atoms with van der Waals surface area (Å²) in [7, 11) is 0. The Morgan fingerprint density at radius 2 is 1.84 bits per heavy atom. The first kappa shape index (κ1) is 33.6. The van der Waals surface area contributed by atoms with Gasteiger partial charge in [-0.3, -0.25) is 10.2 Å². The van der Waals surface area contributed by atoms with E-state index in [2.05, 4.69) is 46.5 Å². The first-order valence-electron chi connectivity index (χ1n) is 16.8. The maximum Gasteiger partial charge on any atom is 0.324 e. The fourth-order valence-corrected chi connectivity index (χ4v) is 6.68. The van der Waals surface area contributed by atoms with E-state index in [0.29, 0.717) is 78.3 Å². The van der Waals surface area contributed by atoms with Gasteiger partial charge in [0.05, 0.1) is 29.6 Å². The molecule has 1 atom stereocenters. The van der Waals surface area contributed by atoms with Crippen LogP contribution in [0.25, 0.3) is 17.1 Å². The monoisotopic (exact) mass is 696 g/mol. The van der Waals surface area contributed by atoms with Crippen molar-refractivity contribution in [3.8, 4) is 28.6 Å². The molecule has 7 rings (SSSR count). The Bertz CT molecular complexity index is 2050. The number of rotatable bonds is 8. The highest BCUT2D eigenvalue weighted by molar-refractivity contribution is 6.30. The number of nitrogens with one attached hydrogen (secondary N) is 2. The Morgan fingerprint density at radius 3 is 2.62 bits per heavy atom. The number of urea groups is 1. The largest absolute Gasteiger partial charge is 0.507 e. The van der Waals surface area contributed by atoms with Crippen molar-refractivity contribution >= 4 is 29.1 Å². The third kappa shape index (κ3) is 6.78. The molecule has 0 saturated heterocycles. The van der Waals surface area contributed by atoms with Crippen LogP contribution in [0.5, 0.6) is 11.5 Å². The fraction of sp³-hybridized carbons (Fsp3) is 0.351. The van der Waals surface area contributed by atoms with Crippen molar-refractivity contribution in [3.05, 3.63) is 93.9 Å². The number of carbonyl (C=O) groups is 1. The van der Waals surface area contributed by atoms with Gasteiger partial charge in [0.2, 0.25) is 0 Å². The van der Waals surface area contributed by atoms with Gasteiger partial charge in [-0.05, 0) is 62.2 Å². The zero-order valence-corrected chi connectivity index (χ0v) is 29.3. The third-order valence-corrected chi connectivity index (χ3v) is 9.49. The summed E-state index contributed by atoms with van der Waals surface area (Å²) in [4.78, 5) is 15.7. The second kappa shape index (κ2) is 13.4. The summed E-state index contributed by atoms with van der Waals surface area (Å²) in [6.45, 7) is 11.4. The lowest BCUT2D eigenvalue weighted by Crippen LogP contribution is -2.36. The Morgan fingerprint density at radius 1 is 1.04 bits per heavy atom.